The van der Waals surface area contributed by atoms with Gasteiger partial charge >= 0.3 is 0 Å². The molecule has 1 unspecified atom stereocenters. The number of hydrogen-bond donors (Lipinski definition) is 0. The number of halogens is 1. The molecule has 0 fully saturated rings. The molecule has 3 rings (SSSR count). The summed E-state index contributed by atoms with van der Waals surface area (Å²) in [5, 5.41) is 5.03. The lowest BCUT2D eigenvalue weighted by Crippen LogP contribution is -2.20. The Kier molecular flexibility index (Phi) is 3.19. The number of thiazole rings is 1. The Morgan fingerprint density at radius 2 is 2.05 bits per heavy atom. The minimum absolute atomic E-state index is 0.395. The van der Waals surface area contributed by atoms with Gasteiger partial charge in [0, 0.05) is 12.0 Å². The van der Waals surface area contributed by atoms with Crippen molar-refractivity contribution in [3.05, 3.63) is 40.9 Å². The molecular formula is C14H13BrN2OS. The Balaban J connectivity index is 1.99. The Labute approximate surface area is 124 Å². The van der Waals surface area contributed by atoms with Crippen molar-refractivity contribution in [1.82, 2.24) is 4.98 Å². The van der Waals surface area contributed by atoms with Gasteiger partial charge in [0.05, 0.1) is 10.6 Å². The molecule has 3 nitrogen and oxygen atoms in total. The van der Waals surface area contributed by atoms with Crippen LogP contribution in [-0.4, -0.2) is 9.60 Å². The highest BCUT2D eigenvalue weighted by Crippen LogP contribution is 2.42. The molecule has 1 aromatic heterocycles. The summed E-state index contributed by atoms with van der Waals surface area (Å²) in [7, 11) is 0. The molecule has 0 aliphatic carbocycles. The fourth-order valence-corrected chi connectivity index (χ4v) is 3.96. The number of aryl methyl sites for hydroxylation is 1. The van der Waals surface area contributed by atoms with Gasteiger partial charge in [-0.1, -0.05) is 35.5 Å². The van der Waals surface area contributed by atoms with Gasteiger partial charge in [-0.2, -0.15) is 0 Å². The third-order valence-corrected chi connectivity index (χ3v) is 5.00. The normalized spacial score (nSPS) is 22.2. The maximum Gasteiger partial charge on any atom is 0.177 e. The first kappa shape index (κ1) is 12.8. The van der Waals surface area contributed by atoms with Gasteiger partial charge in [-0.25, -0.2) is 4.98 Å². The van der Waals surface area contributed by atoms with E-state index in [1.165, 1.54) is 0 Å². The van der Waals surface area contributed by atoms with Gasteiger partial charge in [0.2, 0.25) is 0 Å². The summed E-state index contributed by atoms with van der Waals surface area (Å²) in [6.07, 6.45) is 0.754. The van der Waals surface area contributed by atoms with Crippen LogP contribution < -0.4 is 0 Å². The molecule has 2 aromatic rings. The summed E-state index contributed by atoms with van der Waals surface area (Å²) < 4.78 is 0.851. The molecule has 1 aliphatic heterocycles. The molecule has 0 bridgehead atoms. The lowest BCUT2D eigenvalue weighted by atomic mass is 10.0. The van der Waals surface area contributed by atoms with Crippen LogP contribution >= 0.6 is 27.3 Å². The quantitative estimate of drug-likeness (QED) is 0.811. The maximum absolute atomic E-state index is 5.58. The fourth-order valence-electron chi connectivity index (χ4n) is 2.21. The number of nitrogens with zero attached hydrogens (tertiary/aromatic N) is 2. The molecule has 98 valence electrons. The zero-order chi connectivity index (χ0) is 13.5. The molecule has 1 aromatic carbocycles. The van der Waals surface area contributed by atoms with Crippen LogP contribution in [-0.2, 0) is 10.4 Å². The zero-order valence-corrected chi connectivity index (χ0v) is 13.1. The Bertz CT molecular complexity index is 638. The molecular weight excluding hydrogens is 324 g/mol. The second kappa shape index (κ2) is 4.72. The molecule has 1 aliphatic rings. The van der Waals surface area contributed by atoms with Crippen LogP contribution in [0.1, 0.15) is 23.9 Å². The third kappa shape index (κ3) is 2.32. The predicted octanol–water partition coefficient (Wildman–Crippen LogP) is 4.46. The average molecular weight is 337 g/mol. The van der Waals surface area contributed by atoms with Crippen molar-refractivity contribution in [3.63, 3.8) is 0 Å². The van der Waals surface area contributed by atoms with E-state index in [0.717, 1.165) is 32.2 Å². The van der Waals surface area contributed by atoms with Crippen LogP contribution in [0.2, 0.25) is 0 Å². The van der Waals surface area contributed by atoms with E-state index in [0.29, 0.717) is 0 Å². The first-order chi connectivity index (χ1) is 9.08. The second-order valence-electron chi connectivity index (χ2n) is 4.77. The van der Waals surface area contributed by atoms with E-state index in [9.17, 15) is 0 Å². The van der Waals surface area contributed by atoms with Gasteiger partial charge in [0.1, 0.15) is 9.63 Å². The molecule has 19 heavy (non-hydrogen) atoms. The SMILES string of the molecule is Cc1nc(-c2ccccc2)sc1C1(C)CC(Br)=NO1. The smallest absolute Gasteiger partial charge is 0.177 e. The van der Waals surface area contributed by atoms with Crippen LogP contribution in [0.5, 0.6) is 0 Å². The standard InChI is InChI=1S/C14H13BrN2OS/c1-9-12(14(2)8-11(15)17-18-14)19-13(16-9)10-6-4-3-5-7-10/h3-7H,8H2,1-2H3. The van der Waals surface area contributed by atoms with Gasteiger partial charge in [-0.15, -0.1) is 11.3 Å². The van der Waals surface area contributed by atoms with Crippen LogP contribution in [0.15, 0.2) is 35.5 Å². The molecule has 2 heterocycles. The number of oxime groups is 1. The van der Waals surface area contributed by atoms with E-state index in [1.54, 1.807) is 11.3 Å². The number of benzene rings is 1. The summed E-state index contributed by atoms with van der Waals surface area (Å²) in [6, 6.07) is 10.2. The van der Waals surface area contributed by atoms with Gasteiger partial charge in [0.25, 0.3) is 0 Å². The Hall–Kier alpha value is -1.20. The van der Waals surface area contributed by atoms with Crippen molar-refractivity contribution in [1.29, 1.82) is 0 Å². The average Bonchev–Trinajstić information content (AvgIpc) is 2.95. The maximum atomic E-state index is 5.58. The lowest BCUT2D eigenvalue weighted by Gasteiger charge is -2.19. The highest BCUT2D eigenvalue weighted by molar-refractivity contribution is 9.18. The molecule has 0 radical (unpaired) electrons. The van der Waals surface area contributed by atoms with Crippen molar-refractivity contribution in [3.8, 4) is 10.6 Å². The van der Waals surface area contributed by atoms with Crippen LogP contribution in [0.3, 0.4) is 0 Å². The highest BCUT2D eigenvalue weighted by atomic mass is 79.9. The largest absolute Gasteiger partial charge is 0.383 e. The van der Waals surface area contributed by atoms with E-state index >= 15 is 0 Å². The zero-order valence-electron chi connectivity index (χ0n) is 10.7. The van der Waals surface area contributed by atoms with E-state index < -0.39 is 5.60 Å². The number of aromatic nitrogens is 1. The minimum atomic E-state index is -0.395. The van der Waals surface area contributed by atoms with Crippen molar-refractivity contribution < 1.29 is 4.84 Å². The second-order valence-corrected chi connectivity index (χ2v) is 6.68. The molecule has 0 N–H and O–H groups in total. The summed E-state index contributed by atoms with van der Waals surface area (Å²) >= 11 is 5.08. The summed E-state index contributed by atoms with van der Waals surface area (Å²) in [6.45, 7) is 4.08. The first-order valence-corrected chi connectivity index (χ1v) is 7.63. The van der Waals surface area contributed by atoms with E-state index in [1.807, 2.05) is 25.1 Å². The van der Waals surface area contributed by atoms with Crippen molar-refractivity contribution >= 4 is 31.9 Å². The monoisotopic (exact) mass is 336 g/mol. The summed E-state index contributed by atoms with van der Waals surface area (Å²) in [5.74, 6) is 0. The van der Waals surface area contributed by atoms with Gasteiger partial charge < -0.3 is 4.84 Å². The minimum Gasteiger partial charge on any atom is -0.383 e. The highest BCUT2D eigenvalue weighted by Gasteiger charge is 2.39. The number of rotatable bonds is 2. The summed E-state index contributed by atoms with van der Waals surface area (Å²) in [5.41, 5.74) is 1.76. The van der Waals surface area contributed by atoms with Gasteiger partial charge in [-0.3, -0.25) is 0 Å². The van der Waals surface area contributed by atoms with Gasteiger partial charge in [0.15, 0.2) is 5.60 Å². The molecule has 0 spiro atoms. The van der Waals surface area contributed by atoms with Crippen molar-refractivity contribution in [2.45, 2.75) is 25.9 Å². The Morgan fingerprint density at radius 3 is 2.68 bits per heavy atom. The topological polar surface area (TPSA) is 34.5 Å². The van der Waals surface area contributed by atoms with Crippen LogP contribution in [0.25, 0.3) is 10.6 Å². The van der Waals surface area contributed by atoms with E-state index in [2.05, 4.69) is 45.1 Å². The summed E-state index contributed by atoms with van der Waals surface area (Å²) in [4.78, 5) is 11.4. The van der Waals surface area contributed by atoms with E-state index in [-0.39, 0.29) is 0 Å². The molecule has 5 heteroatoms. The predicted molar refractivity (Wildman–Crippen MR) is 81.7 cm³/mol. The molecule has 0 saturated carbocycles. The number of hydrogen-bond acceptors (Lipinski definition) is 4. The lowest BCUT2D eigenvalue weighted by molar-refractivity contribution is -0.00507. The van der Waals surface area contributed by atoms with Crippen LogP contribution in [0, 0.1) is 6.92 Å². The van der Waals surface area contributed by atoms with E-state index in [4.69, 9.17) is 4.84 Å². The Morgan fingerprint density at radius 1 is 1.32 bits per heavy atom. The van der Waals surface area contributed by atoms with Crippen LogP contribution in [0.4, 0.5) is 0 Å². The van der Waals surface area contributed by atoms with Crippen molar-refractivity contribution in [2.24, 2.45) is 5.16 Å². The fraction of sp³-hybridized carbons (Fsp3) is 0.286. The molecule has 0 saturated heterocycles. The van der Waals surface area contributed by atoms with Crippen molar-refractivity contribution in [2.75, 3.05) is 0 Å². The molecule has 1 atom stereocenters. The first-order valence-electron chi connectivity index (χ1n) is 6.02. The molecule has 0 amide bonds. The third-order valence-electron chi connectivity index (χ3n) is 3.13. The van der Waals surface area contributed by atoms with Gasteiger partial charge in [-0.05, 0) is 29.8 Å².